The molecule has 0 heterocycles. The number of hydrogen-bond donors (Lipinski definition) is 1. The molecule has 0 aliphatic heterocycles. The van der Waals surface area contributed by atoms with Crippen LogP contribution in [0.25, 0.3) is 0 Å². The molecule has 1 N–H and O–H groups in total. The highest BCUT2D eigenvalue weighted by Gasteiger charge is 2.37. The Labute approximate surface area is 103 Å². The second kappa shape index (κ2) is 5.07. The lowest BCUT2D eigenvalue weighted by Gasteiger charge is -2.36. The van der Waals surface area contributed by atoms with E-state index < -0.39 is 5.97 Å². The maximum absolute atomic E-state index is 12.3. The Balaban J connectivity index is 2.64. The molecule has 17 heavy (non-hydrogen) atoms. The molecule has 0 saturated heterocycles. The minimum atomic E-state index is -0.766. The molecule has 0 unspecified atom stereocenters. The summed E-state index contributed by atoms with van der Waals surface area (Å²) in [5.74, 6) is -1.10. The molecule has 4 heteroatoms. The summed E-state index contributed by atoms with van der Waals surface area (Å²) in [7, 11) is 1.82. The highest BCUT2D eigenvalue weighted by molar-refractivity contribution is 5.81. The average molecular weight is 241 g/mol. The van der Waals surface area contributed by atoms with Gasteiger partial charge in [-0.1, -0.05) is 6.92 Å². The molecule has 0 aromatic heterocycles. The molecule has 1 rings (SSSR count). The molecule has 0 spiro atoms. The summed E-state index contributed by atoms with van der Waals surface area (Å²) < 4.78 is 0. The fourth-order valence-electron chi connectivity index (χ4n) is 2.24. The van der Waals surface area contributed by atoms with Crippen molar-refractivity contribution in [3.63, 3.8) is 0 Å². The zero-order valence-corrected chi connectivity index (χ0v) is 11.2. The summed E-state index contributed by atoms with van der Waals surface area (Å²) in [6.07, 6.45) is 2.73. The van der Waals surface area contributed by atoms with Gasteiger partial charge in [-0.15, -0.1) is 0 Å². The van der Waals surface area contributed by atoms with Gasteiger partial charge < -0.3 is 10.0 Å². The van der Waals surface area contributed by atoms with Crippen LogP contribution in [-0.2, 0) is 9.59 Å². The van der Waals surface area contributed by atoms with Crippen molar-refractivity contribution in [2.24, 2.45) is 11.8 Å². The van der Waals surface area contributed by atoms with Crippen molar-refractivity contribution in [2.45, 2.75) is 52.0 Å². The zero-order valence-electron chi connectivity index (χ0n) is 11.2. The number of aliphatic carboxylic acids is 1. The lowest BCUT2D eigenvalue weighted by Crippen LogP contribution is -2.46. The Morgan fingerprint density at radius 2 is 1.82 bits per heavy atom. The largest absolute Gasteiger partial charge is 0.481 e. The highest BCUT2D eigenvalue weighted by Crippen LogP contribution is 2.33. The quantitative estimate of drug-likeness (QED) is 0.820. The molecule has 4 nitrogen and oxygen atoms in total. The number of carboxylic acid groups (broad SMARTS) is 1. The molecule has 1 aliphatic carbocycles. The van der Waals surface area contributed by atoms with E-state index in [1.54, 1.807) is 4.90 Å². The van der Waals surface area contributed by atoms with Gasteiger partial charge in [0.2, 0.25) is 5.91 Å². The standard InChI is InChI=1S/C13H23NO3/c1-5-13(2,3)14(4)11(15)9-6-7-10(8-9)12(16)17/h9-10H,5-8H2,1-4H3,(H,16,17)/t9-,10+/m1/s1. The minimum Gasteiger partial charge on any atom is -0.481 e. The fourth-order valence-corrected chi connectivity index (χ4v) is 2.24. The lowest BCUT2D eigenvalue weighted by molar-refractivity contribution is -0.142. The Bertz CT molecular complexity index is 312. The summed E-state index contributed by atoms with van der Waals surface area (Å²) in [5.41, 5.74) is -0.154. The van der Waals surface area contributed by atoms with Crippen molar-refractivity contribution >= 4 is 11.9 Å². The van der Waals surface area contributed by atoms with Crippen molar-refractivity contribution in [2.75, 3.05) is 7.05 Å². The van der Waals surface area contributed by atoms with Crippen LogP contribution < -0.4 is 0 Å². The maximum atomic E-state index is 12.3. The van der Waals surface area contributed by atoms with E-state index in [2.05, 4.69) is 6.92 Å². The van der Waals surface area contributed by atoms with E-state index in [-0.39, 0.29) is 23.3 Å². The van der Waals surface area contributed by atoms with Crippen LogP contribution in [0.3, 0.4) is 0 Å². The molecule has 98 valence electrons. The molecule has 0 aromatic rings. The van der Waals surface area contributed by atoms with Gasteiger partial charge in [0.05, 0.1) is 5.92 Å². The van der Waals surface area contributed by atoms with E-state index in [4.69, 9.17) is 5.11 Å². The summed E-state index contributed by atoms with van der Waals surface area (Å²) in [6, 6.07) is 0. The molecule has 1 saturated carbocycles. The van der Waals surface area contributed by atoms with Crippen LogP contribution in [-0.4, -0.2) is 34.5 Å². The Kier molecular flexibility index (Phi) is 4.17. The summed E-state index contributed by atoms with van der Waals surface area (Å²) in [4.78, 5) is 24.9. The maximum Gasteiger partial charge on any atom is 0.306 e. The number of hydrogen-bond acceptors (Lipinski definition) is 2. The van der Waals surface area contributed by atoms with E-state index in [9.17, 15) is 9.59 Å². The third-order valence-electron chi connectivity index (χ3n) is 4.23. The third kappa shape index (κ3) is 2.99. The first-order valence-electron chi connectivity index (χ1n) is 6.30. The fraction of sp³-hybridized carbons (Fsp3) is 0.846. The van der Waals surface area contributed by atoms with E-state index >= 15 is 0 Å². The normalized spacial score (nSPS) is 24.7. The monoisotopic (exact) mass is 241 g/mol. The minimum absolute atomic E-state index is 0.0978. The molecule has 0 radical (unpaired) electrons. The van der Waals surface area contributed by atoms with E-state index in [0.717, 1.165) is 6.42 Å². The Morgan fingerprint density at radius 1 is 1.29 bits per heavy atom. The molecule has 2 atom stereocenters. The molecular weight excluding hydrogens is 218 g/mol. The molecule has 1 amide bonds. The van der Waals surface area contributed by atoms with E-state index in [1.807, 2.05) is 20.9 Å². The Morgan fingerprint density at radius 3 is 2.24 bits per heavy atom. The van der Waals surface area contributed by atoms with Crippen molar-refractivity contribution in [1.29, 1.82) is 0 Å². The van der Waals surface area contributed by atoms with Crippen LogP contribution in [0.2, 0.25) is 0 Å². The van der Waals surface area contributed by atoms with Crippen LogP contribution >= 0.6 is 0 Å². The molecule has 1 aliphatic rings. The number of carbonyl (C=O) groups excluding carboxylic acids is 1. The first-order valence-corrected chi connectivity index (χ1v) is 6.30. The van der Waals surface area contributed by atoms with Crippen molar-refractivity contribution < 1.29 is 14.7 Å². The SMILES string of the molecule is CCC(C)(C)N(C)C(=O)[C@@H]1CC[C@H](C(=O)O)C1. The van der Waals surface area contributed by atoms with Crippen molar-refractivity contribution in [3.8, 4) is 0 Å². The van der Waals surface area contributed by atoms with Gasteiger partial charge in [-0.2, -0.15) is 0 Å². The van der Waals surface area contributed by atoms with Crippen molar-refractivity contribution in [1.82, 2.24) is 4.90 Å². The van der Waals surface area contributed by atoms with Gasteiger partial charge in [-0.05, 0) is 39.5 Å². The van der Waals surface area contributed by atoms with Gasteiger partial charge in [0.1, 0.15) is 0 Å². The molecule has 1 fully saturated rings. The summed E-state index contributed by atoms with van der Waals surface area (Å²) in [5, 5.41) is 8.93. The number of carboxylic acids is 1. The van der Waals surface area contributed by atoms with Gasteiger partial charge in [-0.3, -0.25) is 9.59 Å². The second-order valence-electron chi connectivity index (χ2n) is 5.61. The van der Waals surface area contributed by atoms with Crippen molar-refractivity contribution in [3.05, 3.63) is 0 Å². The van der Waals surface area contributed by atoms with E-state index in [1.165, 1.54) is 0 Å². The first kappa shape index (κ1) is 14.0. The van der Waals surface area contributed by atoms with Gasteiger partial charge in [0.15, 0.2) is 0 Å². The zero-order chi connectivity index (χ0) is 13.2. The number of nitrogens with zero attached hydrogens (tertiary/aromatic N) is 1. The van der Waals surface area contributed by atoms with Gasteiger partial charge >= 0.3 is 5.97 Å². The van der Waals surface area contributed by atoms with Crippen LogP contribution in [0.1, 0.15) is 46.5 Å². The van der Waals surface area contributed by atoms with E-state index in [0.29, 0.717) is 19.3 Å². The molecular formula is C13H23NO3. The smallest absolute Gasteiger partial charge is 0.306 e. The Hall–Kier alpha value is -1.06. The van der Waals surface area contributed by atoms with Crippen LogP contribution in [0, 0.1) is 11.8 Å². The van der Waals surface area contributed by atoms with Gasteiger partial charge in [0.25, 0.3) is 0 Å². The highest BCUT2D eigenvalue weighted by atomic mass is 16.4. The second-order valence-corrected chi connectivity index (χ2v) is 5.61. The third-order valence-corrected chi connectivity index (χ3v) is 4.23. The number of amides is 1. The van der Waals surface area contributed by atoms with Gasteiger partial charge in [-0.25, -0.2) is 0 Å². The van der Waals surface area contributed by atoms with Gasteiger partial charge in [0, 0.05) is 18.5 Å². The number of rotatable bonds is 4. The summed E-state index contributed by atoms with van der Waals surface area (Å²) >= 11 is 0. The van der Waals surface area contributed by atoms with Crippen LogP contribution in [0.4, 0.5) is 0 Å². The first-order chi connectivity index (χ1) is 7.79. The average Bonchev–Trinajstić information content (AvgIpc) is 2.76. The summed E-state index contributed by atoms with van der Waals surface area (Å²) in [6.45, 7) is 6.13. The number of carbonyl (C=O) groups is 2. The predicted molar refractivity (Wildman–Crippen MR) is 65.6 cm³/mol. The molecule has 0 bridgehead atoms. The van der Waals surface area contributed by atoms with Crippen LogP contribution in [0.5, 0.6) is 0 Å². The predicted octanol–water partition coefficient (Wildman–Crippen LogP) is 2.13. The van der Waals surface area contributed by atoms with Crippen LogP contribution in [0.15, 0.2) is 0 Å². The topological polar surface area (TPSA) is 57.6 Å². The molecule has 0 aromatic carbocycles. The lowest BCUT2D eigenvalue weighted by atomic mass is 9.96.